The smallest absolute Gasteiger partial charge is 0.130 e. The van der Waals surface area contributed by atoms with Gasteiger partial charge in [0, 0.05) is 10.0 Å². The molecule has 5 heteroatoms. The lowest BCUT2D eigenvalue weighted by Crippen LogP contribution is -1.99. The lowest BCUT2D eigenvalue weighted by Gasteiger charge is -2.08. The second kappa shape index (κ2) is 6.33. The van der Waals surface area contributed by atoms with E-state index in [1.807, 2.05) is 12.1 Å². The Balaban J connectivity index is 2.07. The number of hydrogen-bond donors (Lipinski definition) is 1. The zero-order chi connectivity index (χ0) is 13.7. The maximum absolute atomic E-state index is 13.6. The summed E-state index contributed by atoms with van der Waals surface area (Å²) in [6.07, 6.45) is 1.52. The molecule has 2 aromatic carbocycles. The minimum Gasteiger partial charge on any atom is -0.489 e. The number of nitrogens with zero attached hydrogens (tertiary/aromatic N) is 1. The molecule has 98 valence electrons. The van der Waals surface area contributed by atoms with Gasteiger partial charge in [0.15, 0.2) is 0 Å². The molecular weight excluding hydrogens is 311 g/mol. The number of ether oxygens (including phenoxy) is 1. The highest BCUT2D eigenvalue weighted by Crippen LogP contribution is 2.18. The van der Waals surface area contributed by atoms with E-state index in [0.29, 0.717) is 15.8 Å². The number of rotatable bonds is 4. The van der Waals surface area contributed by atoms with E-state index in [9.17, 15) is 4.39 Å². The van der Waals surface area contributed by atoms with Crippen molar-refractivity contribution in [1.29, 1.82) is 0 Å². The average molecular weight is 323 g/mol. The highest BCUT2D eigenvalue weighted by molar-refractivity contribution is 9.10. The maximum Gasteiger partial charge on any atom is 0.130 e. The van der Waals surface area contributed by atoms with Crippen LogP contribution in [-0.2, 0) is 6.61 Å². The van der Waals surface area contributed by atoms with Crippen molar-refractivity contribution in [2.24, 2.45) is 10.9 Å². The maximum atomic E-state index is 13.6. The van der Waals surface area contributed by atoms with Crippen LogP contribution in [0.3, 0.4) is 0 Å². The normalized spacial score (nSPS) is 10.8. The molecule has 0 amide bonds. The van der Waals surface area contributed by atoms with Gasteiger partial charge in [-0.05, 0) is 29.8 Å². The van der Waals surface area contributed by atoms with Crippen LogP contribution in [0.1, 0.15) is 11.1 Å². The standard InChI is InChI=1S/C14H12BrFN2O/c15-12-5-4-11(14(16)7-12)9-19-13-3-1-2-10(6-13)8-18-17/h1-8H,9,17H2. The number of benzene rings is 2. The van der Waals surface area contributed by atoms with Crippen LogP contribution in [0.4, 0.5) is 4.39 Å². The van der Waals surface area contributed by atoms with E-state index in [1.165, 1.54) is 12.3 Å². The lowest BCUT2D eigenvalue weighted by molar-refractivity contribution is 0.300. The zero-order valence-electron chi connectivity index (χ0n) is 10.0. The van der Waals surface area contributed by atoms with Crippen LogP contribution in [0.15, 0.2) is 52.0 Å². The first kappa shape index (κ1) is 13.5. The molecule has 0 aromatic heterocycles. The van der Waals surface area contributed by atoms with Gasteiger partial charge in [-0.1, -0.05) is 34.1 Å². The molecule has 0 saturated carbocycles. The Hall–Kier alpha value is -1.88. The Labute approximate surface area is 119 Å². The third kappa shape index (κ3) is 3.79. The first-order chi connectivity index (χ1) is 9.19. The molecule has 2 N–H and O–H groups in total. The fraction of sp³-hybridized carbons (Fsp3) is 0.0714. The Morgan fingerprint density at radius 3 is 2.84 bits per heavy atom. The second-order valence-corrected chi connectivity index (χ2v) is 4.79. The fourth-order valence-corrected chi connectivity index (χ4v) is 1.90. The molecule has 0 heterocycles. The van der Waals surface area contributed by atoms with Crippen molar-refractivity contribution in [3.8, 4) is 5.75 Å². The summed E-state index contributed by atoms with van der Waals surface area (Å²) in [5, 5.41) is 3.44. The molecule has 0 radical (unpaired) electrons. The van der Waals surface area contributed by atoms with Gasteiger partial charge in [-0.15, -0.1) is 0 Å². The molecule has 2 rings (SSSR count). The Morgan fingerprint density at radius 1 is 1.26 bits per heavy atom. The van der Waals surface area contributed by atoms with Crippen LogP contribution in [0.2, 0.25) is 0 Å². The Kier molecular flexibility index (Phi) is 4.52. The molecule has 0 fully saturated rings. The predicted octanol–water partition coefficient (Wildman–Crippen LogP) is 3.46. The third-order valence-corrected chi connectivity index (χ3v) is 2.98. The van der Waals surface area contributed by atoms with Gasteiger partial charge in [0.1, 0.15) is 18.2 Å². The molecular formula is C14H12BrFN2O. The summed E-state index contributed by atoms with van der Waals surface area (Å²) in [4.78, 5) is 0. The molecule has 19 heavy (non-hydrogen) atoms. The highest BCUT2D eigenvalue weighted by Gasteiger charge is 2.04. The van der Waals surface area contributed by atoms with E-state index < -0.39 is 0 Å². The van der Waals surface area contributed by atoms with Crippen LogP contribution >= 0.6 is 15.9 Å². The van der Waals surface area contributed by atoms with E-state index in [4.69, 9.17) is 10.6 Å². The van der Waals surface area contributed by atoms with E-state index in [0.717, 1.165) is 5.56 Å². The number of hydrazone groups is 1. The summed E-state index contributed by atoms with van der Waals surface area (Å²) in [5.74, 6) is 5.43. The van der Waals surface area contributed by atoms with Crippen LogP contribution < -0.4 is 10.6 Å². The van der Waals surface area contributed by atoms with E-state index in [-0.39, 0.29) is 12.4 Å². The van der Waals surface area contributed by atoms with Crippen LogP contribution in [0.25, 0.3) is 0 Å². The largest absolute Gasteiger partial charge is 0.489 e. The molecule has 0 unspecified atom stereocenters. The fourth-order valence-electron chi connectivity index (χ4n) is 1.57. The Morgan fingerprint density at radius 2 is 2.11 bits per heavy atom. The van der Waals surface area contributed by atoms with Gasteiger partial charge < -0.3 is 10.6 Å². The zero-order valence-corrected chi connectivity index (χ0v) is 11.6. The molecule has 0 saturated heterocycles. The van der Waals surface area contributed by atoms with Crippen molar-refractivity contribution in [2.45, 2.75) is 6.61 Å². The molecule has 3 nitrogen and oxygen atoms in total. The molecule has 0 bridgehead atoms. The molecule has 0 atom stereocenters. The lowest BCUT2D eigenvalue weighted by atomic mass is 10.2. The van der Waals surface area contributed by atoms with Crippen molar-refractivity contribution < 1.29 is 9.13 Å². The van der Waals surface area contributed by atoms with Crippen molar-refractivity contribution in [2.75, 3.05) is 0 Å². The predicted molar refractivity (Wildman–Crippen MR) is 76.7 cm³/mol. The second-order valence-electron chi connectivity index (χ2n) is 3.88. The third-order valence-electron chi connectivity index (χ3n) is 2.49. The number of halogens is 2. The van der Waals surface area contributed by atoms with Gasteiger partial charge in [0.2, 0.25) is 0 Å². The van der Waals surface area contributed by atoms with Gasteiger partial charge in [-0.2, -0.15) is 5.10 Å². The molecule has 0 spiro atoms. The quantitative estimate of drug-likeness (QED) is 0.532. The van der Waals surface area contributed by atoms with Crippen molar-refractivity contribution in [3.63, 3.8) is 0 Å². The minimum absolute atomic E-state index is 0.169. The summed E-state index contributed by atoms with van der Waals surface area (Å²) in [6, 6.07) is 12.1. The molecule has 0 aliphatic heterocycles. The van der Waals surface area contributed by atoms with Crippen molar-refractivity contribution in [1.82, 2.24) is 0 Å². The number of nitrogens with two attached hydrogens (primary N) is 1. The van der Waals surface area contributed by atoms with Crippen LogP contribution in [-0.4, -0.2) is 6.21 Å². The van der Waals surface area contributed by atoms with Gasteiger partial charge in [-0.3, -0.25) is 0 Å². The Bertz CT molecular complexity index is 602. The summed E-state index contributed by atoms with van der Waals surface area (Å²) in [6.45, 7) is 0.169. The first-order valence-corrected chi connectivity index (χ1v) is 6.38. The van der Waals surface area contributed by atoms with Gasteiger partial charge in [0.05, 0.1) is 6.21 Å². The van der Waals surface area contributed by atoms with E-state index in [2.05, 4.69) is 21.0 Å². The highest BCUT2D eigenvalue weighted by atomic mass is 79.9. The first-order valence-electron chi connectivity index (χ1n) is 5.59. The summed E-state index contributed by atoms with van der Waals surface area (Å²) in [7, 11) is 0. The van der Waals surface area contributed by atoms with Crippen molar-refractivity contribution in [3.05, 3.63) is 63.9 Å². The van der Waals surface area contributed by atoms with Crippen LogP contribution in [0, 0.1) is 5.82 Å². The van der Waals surface area contributed by atoms with Gasteiger partial charge in [0.25, 0.3) is 0 Å². The summed E-state index contributed by atoms with van der Waals surface area (Å²) >= 11 is 3.21. The van der Waals surface area contributed by atoms with E-state index in [1.54, 1.807) is 24.3 Å². The molecule has 0 aliphatic carbocycles. The summed E-state index contributed by atoms with van der Waals surface area (Å²) in [5.41, 5.74) is 1.33. The van der Waals surface area contributed by atoms with Crippen LogP contribution in [0.5, 0.6) is 5.75 Å². The van der Waals surface area contributed by atoms with Gasteiger partial charge in [-0.25, -0.2) is 4.39 Å². The average Bonchev–Trinajstić information content (AvgIpc) is 2.38. The van der Waals surface area contributed by atoms with Crippen molar-refractivity contribution >= 4 is 22.1 Å². The minimum atomic E-state index is -0.297. The number of hydrogen-bond acceptors (Lipinski definition) is 3. The SMILES string of the molecule is NN=Cc1cccc(OCc2ccc(Br)cc2F)c1. The molecule has 2 aromatic rings. The summed E-state index contributed by atoms with van der Waals surface area (Å²) < 4.78 is 19.9. The van der Waals surface area contributed by atoms with Gasteiger partial charge >= 0.3 is 0 Å². The topological polar surface area (TPSA) is 47.6 Å². The molecule has 0 aliphatic rings. The monoisotopic (exact) mass is 322 g/mol. The van der Waals surface area contributed by atoms with E-state index >= 15 is 0 Å².